The van der Waals surface area contributed by atoms with E-state index in [1.165, 1.54) is 12.8 Å². The quantitative estimate of drug-likeness (QED) is 0.839. The molecule has 2 rings (SSSR count). The Morgan fingerprint density at radius 3 is 2.41 bits per heavy atom. The van der Waals surface area contributed by atoms with Gasteiger partial charge >= 0.3 is 6.03 Å². The normalized spacial score (nSPS) is 16.4. The number of urea groups is 1. The average Bonchev–Trinajstić information content (AvgIpc) is 2.61. The van der Waals surface area contributed by atoms with E-state index in [4.69, 9.17) is 0 Å². The van der Waals surface area contributed by atoms with Gasteiger partial charge in [-0.3, -0.25) is 0 Å². The fourth-order valence-corrected chi connectivity index (χ4v) is 2.41. The van der Waals surface area contributed by atoms with Crippen LogP contribution in [0.3, 0.4) is 0 Å². The van der Waals surface area contributed by atoms with E-state index in [1.54, 1.807) is 0 Å². The first kappa shape index (κ1) is 12.4. The number of benzene rings is 1. The number of amides is 2. The van der Waals surface area contributed by atoms with E-state index in [0.717, 1.165) is 36.1 Å². The van der Waals surface area contributed by atoms with Gasteiger partial charge in [0.25, 0.3) is 0 Å². The van der Waals surface area contributed by atoms with Crippen LogP contribution in [0.4, 0.5) is 10.5 Å². The largest absolute Gasteiger partial charge is 0.325 e. The van der Waals surface area contributed by atoms with Crippen LogP contribution in [-0.2, 0) is 0 Å². The fourth-order valence-electron chi connectivity index (χ4n) is 2.03. The summed E-state index contributed by atoms with van der Waals surface area (Å²) in [7, 11) is 0. The second kappa shape index (κ2) is 6.05. The van der Waals surface area contributed by atoms with Crippen molar-refractivity contribution in [1.29, 1.82) is 0 Å². The van der Waals surface area contributed by atoms with Crippen LogP contribution in [0.2, 0.25) is 0 Å². The number of anilines is 1. The number of hydrogen-bond donors (Lipinski definition) is 1. The van der Waals surface area contributed by atoms with Crippen molar-refractivity contribution < 1.29 is 4.79 Å². The van der Waals surface area contributed by atoms with Gasteiger partial charge in [0.2, 0.25) is 0 Å². The van der Waals surface area contributed by atoms with Gasteiger partial charge < -0.3 is 10.2 Å². The predicted molar refractivity (Wildman–Crippen MR) is 73.2 cm³/mol. The molecule has 0 bridgehead atoms. The summed E-state index contributed by atoms with van der Waals surface area (Å²) < 4.78 is 0.920. The molecule has 17 heavy (non-hydrogen) atoms. The first-order valence-electron chi connectivity index (χ1n) is 6.08. The highest BCUT2D eigenvalue weighted by Crippen LogP contribution is 2.22. The van der Waals surface area contributed by atoms with Gasteiger partial charge in [0.05, 0.1) is 5.69 Å². The van der Waals surface area contributed by atoms with Crippen molar-refractivity contribution in [2.75, 3.05) is 18.4 Å². The Hall–Kier alpha value is -1.03. The lowest BCUT2D eigenvalue weighted by Crippen LogP contribution is -2.35. The maximum absolute atomic E-state index is 12.1. The Bertz CT molecular complexity index is 387. The van der Waals surface area contributed by atoms with Crippen molar-refractivity contribution in [2.24, 2.45) is 0 Å². The molecule has 1 aromatic rings. The molecule has 2 amide bonds. The standard InChI is InChI=1S/C13H17BrN2O/c14-11-7-3-4-8-12(11)15-13(17)16-9-5-1-2-6-10-16/h3-4,7-8H,1-2,5-6,9-10H2,(H,15,17). The number of para-hydroxylation sites is 1. The first-order valence-corrected chi connectivity index (χ1v) is 6.87. The summed E-state index contributed by atoms with van der Waals surface area (Å²) in [5.41, 5.74) is 0.835. The van der Waals surface area contributed by atoms with E-state index in [1.807, 2.05) is 29.2 Å². The van der Waals surface area contributed by atoms with Gasteiger partial charge in [0.1, 0.15) is 0 Å². The number of carbonyl (C=O) groups excluding carboxylic acids is 1. The van der Waals surface area contributed by atoms with Crippen LogP contribution in [0, 0.1) is 0 Å². The average molecular weight is 297 g/mol. The fraction of sp³-hybridized carbons (Fsp3) is 0.462. The third-order valence-corrected chi connectivity index (χ3v) is 3.70. The van der Waals surface area contributed by atoms with Crippen molar-refractivity contribution in [3.05, 3.63) is 28.7 Å². The maximum Gasteiger partial charge on any atom is 0.321 e. The molecule has 1 fully saturated rings. The lowest BCUT2D eigenvalue weighted by atomic mass is 10.2. The van der Waals surface area contributed by atoms with Crippen LogP contribution < -0.4 is 5.32 Å². The number of nitrogens with one attached hydrogen (secondary N) is 1. The van der Waals surface area contributed by atoms with Crippen molar-refractivity contribution in [2.45, 2.75) is 25.7 Å². The molecule has 1 aromatic carbocycles. The molecule has 0 saturated carbocycles. The number of halogens is 1. The number of likely N-dealkylation sites (tertiary alicyclic amines) is 1. The lowest BCUT2D eigenvalue weighted by molar-refractivity contribution is 0.214. The zero-order valence-corrected chi connectivity index (χ0v) is 11.4. The van der Waals surface area contributed by atoms with E-state index in [-0.39, 0.29) is 6.03 Å². The van der Waals surface area contributed by atoms with Gasteiger partial charge in [-0.25, -0.2) is 4.79 Å². The molecular weight excluding hydrogens is 280 g/mol. The molecule has 4 heteroatoms. The van der Waals surface area contributed by atoms with Gasteiger partial charge in [0, 0.05) is 17.6 Å². The van der Waals surface area contributed by atoms with Gasteiger partial charge in [-0.15, -0.1) is 0 Å². The second-order valence-electron chi connectivity index (χ2n) is 4.31. The minimum absolute atomic E-state index is 0.0128. The predicted octanol–water partition coefficient (Wildman–Crippen LogP) is 3.86. The molecule has 0 spiro atoms. The Morgan fingerprint density at radius 1 is 1.12 bits per heavy atom. The molecule has 0 atom stereocenters. The van der Waals surface area contributed by atoms with E-state index < -0.39 is 0 Å². The minimum Gasteiger partial charge on any atom is -0.325 e. The van der Waals surface area contributed by atoms with Crippen molar-refractivity contribution in [3.63, 3.8) is 0 Å². The molecule has 0 unspecified atom stereocenters. The van der Waals surface area contributed by atoms with Crippen LogP contribution in [0.15, 0.2) is 28.7 Å². The van der Waals surface area contributed by atoms with Crippen LogP contribution >= 0.6 is 15.9 Å². The number of rotatable bonds is 1. The molecule has 1 aliphatic rings. The SMILES string of the molecule is O=C(Nc1ccccc1Br)N1CCCCCC1. The molecule has 0 aromatic heterocycles. The Morgan fingerprint density at radius 2 is 1.76 bits per heavy atom. The summed E-state index contributed by atoms with van der Waals surface area (Å²) in [6.07, 6.45) is 4.70. The number of carbonyl (C=O) groups is 1. The topological polar surface area (TPSA) is 32.3 Å². The molecule has 1 heterocycles. The van der Waals surface area contributed by atoms with Gasteiger partial charge in [-0.1, -0.05) is 25.0 Å². The van der Waals surface area contributed by atoms with Gasteiger partial charge in [0.15, 0.2) is 0 Å². The van der Waals surface area contributed by atoms with Crippen LogP contribution in [0.25, 0.3) is 0 Å². The van der Waals surface area contributed by atoms with Crippen LogP contribution in [0.5, 0.6) is 0 Å². The third kappa shape index (κ3) is 3.46. The summed E-state index contributed by atoms with van der Waals surface area (Å²) in [4.78, 5) is 14.0. The van der Waals surface area contributed by atoms with E-state index in [2.05, 4.69) is 21.2 Å². The minimum atomic E-state index is 0.0128. The molecule has 1 N–H and O–H groups in total. The molecule has 1 aliphatic heterocycles. The number of nitrogens with zero attached hydrogens (tertiary/aromatic N) is 1. The summed E-state index contributed by atoms with van der Waals surface area (Å²) in [5.74, 6) is 0. The van der Waals surface area contributed by atoms with Crippen LogP contribution in [0.1, 0.15) is 25.7 Å². The van der Waals surface area contributed by atoms with E-state index >= 15 is 0 Å². The highest BCUT2D eigenvalue weighted by Gasteiger charge is 2.15. The van der Waals surface area contributed by atoms with Crippen molar-refractivity contribution >= 4 is 27.6 Å². The first-order chi connectivity index (χ1) is 8.27. The van der Waals surface area contributed by atoms with Gasteiger partial charge in [-0.2, -0.15) is 0 Å². The highest BCUT2D eigenvalue weighted by atomic mass is 79.9. The Balaban J connectivity index is 1.98. The second-order valence-corrected chi connectivity index (χ2v) is 5.17. The van der Waals surface area contributed by atoms with E-state index in [9.17, 15) is 4.79 Å². The Labute approximate surface area is 110 Å². The summed E-state index contributed by atoms with van der Waals surface area (Å²) in [6.45, 7) is 1.74. The molecule has 1 saturated heterocycles. The zero-order chi connectivity index (χ0) is 12.1. The van der Waals surface area contributed by atoms with Crippen molar-refractivity contribution in [1.82, 2.24) is 4.90 Å². The molecular formula is C13H17BrN2O. The van der Waals surface area contributed by atoms with Gasteiger partial charge in [-0.05, 0) is 40.9 Å². The smallest absolute Gasteiger partial charge is 0.321 e. The van der Waals surface area contributed by atoms with Crippen LogP contribution in [-0.4, -0.2) is 24.0 Å². The van der Waals surface area contributed by atoms with E-state index in [0.29, 0.717) is 0 Å². The summed E-state index contributed by atoms with van der Waals surface area (Å²) in [6, 6.07) is 7.70. The highest BCUT2D eigenvalue weighted by molar-refractivity contribution is 9.10. The zero-order valence-electron chi connectivity index (χ0n) is 9.79. The third-order valence-electron chi connectivity index (χ3n) is 3.01. The maximum atomic E-state index is 12.1. The molecule has 0 aliphatic carbocycles. The Kier molecular flexibility index (Phi) is 4.42. The summed E-state index contributed by atoms with van der Waals surface area (Å²) in [5, 5.41) is 2.95. The number of hydrogen-bond acceptors (Lipinski definition) is 1. The summed E-state index contributed by atoms with van der Waals surface area (Å²) >= 11 is 3.43. The molecule has 3 nitrogen and oxygen atoms in total. The molecule has 0 radical (unpaired) electrons. The monoisotopic (exact) mass is 296 g/mol. The lowest BCUT2D eigenvalue weighted by Gasteiger charge is -2.21. The molecule has 92 valence electrons. The van der Waals surface area contributed by atoms with Crippen molar-refractivity contribution in [3.8, 4) is 0 Å².